The van der Waals surface area contributed by atoms with Crippen molar-refractivity contribution in [3.05, 3.63) is 48.3 Å². The zero-order chi connectivity index (χ0) is 17.5. The number of ether oxygens (including phenoxy) is 1. The van der Waals surface area contributed by atoms with Crippen molar-refractivity contribution >= 4 is 6.03 Å². The van der Waals surface area contributed by atoms with E-state index in [1.54, 1.807) is 10.9 Å². The molecule has 1 aromatic carbocycles. The third-order valence-electron chi connectivity index (χ3n) is 4.39. The molecule has 2 N–H and O–H groups in total. The summed E-state index contributed by atoms with van der Waals surface area (Å²) in [7, 11) is 0. The lowest BCUT2D eigenvalue weighted by Gasteiger charge is -2.32. The van der Waals surface area contributed by atoms with Gasteiger partial charge >= 0.3 is 6.03 Å². The molecule has 1 atom stereocenters. The zero-order valence-electron chi connectivity index (χ0n) is 14.5. The Morgan fingerprint density at radius 3 is 2.68 bits per heavy atom. The number of hydrogen-bond donors (Lipinski definition) is 2. The van der Waals surface area contributed by atoms with Crippen molar-refractivity contribution in [2.75, 3.05) is 32.8 Å². The van der Waals surface area contributed by atoms with Crippen molar-refractivity contribution in [3.8, 4) is 5.69 Å². The third kappa shape index (κ3) is 5.04. The summed E-state index contributed by atoms with van der Waals surface area (Å²) in [5.41, 5.74) is 2.05. The molecule has 0 spiro atoms. The van der Waals surface area contributed by atoms with Crippen LogP contribution in [0.5, 0.6) is 0 Å². The molecule has 7 heteroatoms. The van der Waals surface area contributed by atoms with Crippen LogP contribution in [0.3, 0.4) is 0 Å². The first kappa shape index (κ1) is 17.4. The average molecular weight is 343 g/mol. The zero-order valence-corrected chi connectivity index (χ0v) is 14.5. The number of carbonyl (C=O) groups is 1. The second-order valence-electron chi connectivity index (χ2n) is 6.18. The Morgan fingerprint density at radius 1 is 1.24 bits per heavy atom. The summed E-state index contributed by atoms with van der Waals surface area (Å²) >= 11 is 0. The van der Waals surface area contributed by atoms with Gasteiger partial charge in [0.2, 0.25) is 0 Å². The van der Waals surface area contributed by atoms with Gasteiger partial charge in [-0.05, 0) is 30.7 Å². The van der Waals surface area contributed by atoms with Crippen molar-refractivity contribution in [3.63, 3.8) is 0 Å². The Bertz CT molecular complexity index is 651. The molecule has 0 bridgehead atoms. The van der Waals surface area contributed by atoms with E-state index < -0.39 is 0 Å². The van der Waals surface area contributed by atoms with E-state index in [0.29, 0.717) is 19.1 Å². The molecule has 3 rings (SSSR count). The number of hydrogen-bond acceptors (Lipinski definition) is 4. The second kappa shape index (κ2) is 8.64. The molecule has 25 heavy (non-hydrogen) atoms. The van der Waals surface area contributed by atoms with E-state index in [2.05, 4.69) is 27.6 Å². The van der Waals surface area contributed by atoms with E-state index in [4.69, 9.17) is 4.74 Å². The van der Waals surface area contributed by atoms with Crippen LogP contribution in [0.15, 0.2) is 42.7 Å². The minimum absolute atomic E-state index is 0.142. The van der Waals surface area contributed by atoms with E-state index >= 15 is 0 Å². The standard InChI is InChI=1S/C18H25N5O2/c1-15(22-9-11-25-12-10-22)13-19-18(24)20-14-16-3-5-17(6-4-16)23-8-2-7-21-23/h2-8,15H,9-14H2,1H3,(H2,19,20,24)/t15-/m1/s1. The summed E-state index contributed by atoms with van der Waals surface area (Å²) in [4.78, 5) is 14.3. The van der Waals surface area contributed by atoms with Crippen LogP contribution in [0.25, 0.3) is 5.69 Å². The van der Waals surface area contributed by atoms with Gasteiger partial charge in [-0.15, -0.1) is 0 Å². The first-order valence-corrected chi connectivity index (χ1v) is 8.65. The first-order valence-electron chi connectivity index (χ1n) is 8.65. The van der Waals surface area contributed by atoms with Gasteiger partial charge in [-0.2, -0.15) is 5.10 Å². The highest BCUT2D eigenvalue weighted by atomic mass is 16.5. The SMILES string of the molecule is C[C@H](CNC(=O)NCc1ccc(-n2cccn2)cc1)N1CCOCC1. The summed E-state index contributed by atoms with van der Waals surface area (Å²) in [6, 6.07) is 10.0. The van der Waals surface area contributed by atoms with Crippen LogP contribution in [0.2, 0.25) is 0 Å². The average Bonchev–Trinajstić information content (AvgIpc) is 3.20. The number of rotatable bonds is 6. The molecule has 7 nitrogen and oxygen atoms in total. The molecular weight excluding hydrogens is 318 g/mol. The summed E-state index contributed by atoms with van der Waals surface area (Å²) in [6.07, 6.45) is 3.65. The fraction of sp³-hybridized carbons (Fsp3) is 0.444. The second-order valence-corrected chi connectivity index (χ2v) is 6.18. The Balaban J connectivity index is 1.39. The number of aromatic nitrogens is 2. The van der Waals surface area contributed by atoms with Crippen LogP contribution in [-0.4, -0.2) is 59.6 Å². The molecule has 2 heterocycles. The number of carbonyl (C=O) groups excluding carboxylic acids is 1. The molecule has 0 radical (unpaired) electrons. The summed E-state index contributed by atoms with van der Waals surface area (Å²) in [6.45, 7) is 6.64. The molecule has 0 unspecified atom stereocenters. The minimum atomic E-state index is -0.142. The summed E-state index contributed by atoms with van der Waals surface area (Å²) in [5, 5.41) is 10.0. The van der Waals surface area contributed by atoms with Crippen molar-refractivity contribution in [2.45, 2.75) is 19.5 Å². The molecule has 134 valence electrons. The molecule has 1 fully saturated rings. The van der Waals surface area contributed by atoms with E-state index in [-0.39, 0.29) is 6.03 Å². The Kier molecular flexibility index (Phi) is 6.03. The maximum absolute atomic E-state index is 12.0. The van der Waals surface area contributed by atoms with Crippen LogP contribution < -0.4 is 10.6 Å². The van der Waals surface area contributed by atoms with Crippen LogP contribution in [-0.2, 0) is 11.3 Å². The van der Waals surface area contributed by atoms with E-state index in [0.717, 1.165) is 37.6 Å². The van der Waals surface area contributed by atoms with E-state index in [1.165, 1.54) is 0 Å². The van der Waals surface area contributed by atoms with Gasteiger partial charge in [0.05, 0.1) is 18.9 Å². The number of nitrogens with zero attached hydrogens (tertiary/aromatic N) is 3. The van der Waals surface area contributed by atoms with Crippen LogP contribution in [0.1, 0.15) is 12.5 Å². The highest BCUT2D eigenvalue weighted by Gasteiger charge is 2.17. The minimum Gasteiger partial charge on any atom is -0.379 e. The van der Waals surface area contributed by atoms with Crippen molar-refractivity contribution in [2.24, 2.45) is 0 Å². The molecule has 1 aromatic heterocycles. The first-order chi connectivity index (χ1) is 12.2. The summed E-state index contributed by atoms with van der Waals surface area (Å²) in [5.74, 6) is 0. The van der Waals surface area contributed by atoms with Gasteiger partial charge in [-0.3, -0.25) is 4.90 Å². The number of morpholine rings is 1. The number of nitrogens with one attached hydrogen (secondary N) is 2. The van der Waals surface area contributed by atoms with Gasteiger partial charge in [-0.25, -0.2) is 9.48 Å². The van der Waals surface area contributed by atoms with E-state index in [9.17, 15) is 4.79 Å². The lowest BCUT2D eigenvalue weighted by molar-refractivity contribution is 0.0209. The van der Waals surface area contributed by atoms with Gasteiger partial charge in [0, 0.05) is 44.6 Å². The predicted octanol–water partition coefficient (Wildman–Crippen LogP) is 1.39. The van der Waals surface area contributed by atoms with Crippen molar-refractivity contribution in [1.82, 2.24) is 25.3 Å². The van der Waals surface area contributed by atoms with Gasteiger partial charge in [0.25, 0.3) is 0 Å². The maximum Gasteiger partial charge on any atom is 0.315 e. The molecule has 2 amide bonds. The molecule has 2 aromatic rings. The van der Waals surface area contributed by atoms with E-state index in [1.807, 2.05) is 36.5 Å². The monoisotopic (exact) mass is 343 g/mol. The topological polar surface area (TPSA) is 71.4 Å². The predicted molar refractivity (Wildman–Crippen MR) is 95.7 cm³/mol. The van der Waals surface area contributed by atoms with Gasteiger partial charge in [0.1, 0.15) is 0 Å². The Labute approximate surface area is 148 Å². The molecule has 1 aliphatic rings. The smallest absolute Gasteiger partial charge is 0.315 e. The molecular formula is C18H25N5O2. The largest absolute Gasteiger partial charge is 0.379 e. The van der Waals surface area contributed by atoms with Gasteiger partial charge in [-0.1, -0.05) is 12.1 Å². The van der Waals surface area contributed by atoms with Crippen molar-refractivity contribution < 1.29 is 9.53 Å². The lowest BCUT2D eigenvalue weighted by atomic mass is 10.2. The normalized spacial score (nSPS) is 16.4. The highest BCUT2D eigenvalue weighted by molar-refractivity contribution is 5.73. The van der Waals surface area contributed by atoms with Crippen molar-refractivity contribution in [1.29, 1.82) is 0 Å². The molecule has 0 aliphatic carbocycles. The third-order valence-corrected chi connectivity index (χ3v) is 4.39. The maximum atomic E-state index is 12.0. The fourth-order valence-electron chi connectivity index (χ4n) is 2.82. The highest BCUT2D eigenvalue weighted by Crippen LogP contribution is 2.08. The molecule has 0 saturated carbocycles. The van der Waals surface area contributed by atoms with Crippen LogP contribution >= 0.6 is 0 Å². The van der Waals surface area contributed by atoms with Gasteiger partial charge in [0.15, 0.2) is 0 Å². The Morgan fingerprint density at radius 2 is 2.00 bits per heavy atom. The van der Waals surface area contributed by atoms with Crippen LogP contribution in [0.4, 0.5) is 4.79 Å². The lowest BCUT2D eigenvalue weighted by Crippen LogP contribution is -2.48. The number of amides is 2. The summed E-state index contributed by atoms with van der Waals surface area (Å²) < 4.78 is 7.15. The fourth-order valence-corrected chi connectivity index (χ4v) is 2.82. The van der Waals surface area contributed by atoms with Crippen LogP contribution in [0, 0.1) is 0 Å². The Hall–Kier alpha value is -2.38. The molecule has 1 aliphatic heterocycles. The quantitative estimate of drug-likeness (QED) is 0.832. The van der Waals surface area contributed by atoms with Gasteiger partial charge < -0.3 is 15.4 Å². The molecule has 1 saturated heterocycles. The number of benzene rings is 1. The number of urea groups is 1.